The topological polar surface area (TPSA) is 72.5 Å². The summed E-state index contributed by atoms with van der Waals surface area (Å²) in [5.74, 6) is -1.22. The molecule has 1 aromatic rings. The largest absolute Gasteiger partial charge is 0.484 e. The zero-order valence-electron chi connectivity index (χ0n) is 12.2. The van der Waals surface area contributed by atoms with Crippen LogP contribution in [0, 0.1) is 11.7 Å². The molecule has 1 aromatic carbocycles. The number of benzene rings is 1. The van der Waals surface area contributed by atoms with E-state index in [1.54, 1.807) is 0 Å². The Morgan fingerprint density at radius 3 is 2.52 bits per heavy atom. The monoisotopic (exact) mass is 295 g/mol. The third-order valence-electron chi connectivity index (χ3n) is 2.82. The fraction of sp³-hybridized carbons (Fsp3) is 0.400. The first-order valence-electron chi connectivity index (χ1n) is 6.52. The molecule has 0 radical (unpaired) electrons. The lowest BCUT2D eigenvalue weighted by Crippen LogP contribution is -2.45. The highest BCUT2D eigenvalue weighted by molar-refractivity contribution is 5.88. The zero-order valence-corrected chi connectivity index (χ0v) is 12.2. The Balaban J connectivity index is 2.62. The number of carbonyl (C=O) groups is 3. The molecule has 5 nitrogen and oxygen atoms in total. The van der Waals surface area contributed by atoms with Crippen LogP contribution in [-0.2, 0) is 9.59 Å². The second kappa shape index (κ2) is 7.52. The number of aldehydes is 1. The summed E-state index contributed by atoms with van der Waals surface area (Å²) < 4.78 is 18.3. The number of amides is 1. The molecule has 6 heteroatoms. The van der Waals surface area contributed by atoms with Crippen LogP contribution in [0.1, 0.15) is 31.1 Å². The van der Waals surface area contributed by atoms with Gasteiger partial charge >= 0.3 is 0 Å². The van der Waals surface area contributed by atoms with Gasteiger partial charge in [0.15, 0.2) is 12.4 Å². The van der Waals surface area contributed by atoms with E-state index in [1.807, 2.05) is 13.8 Å². The second-order valence-electron chi connectivity index (χ2n) is 5.03. The Labute approximate surface area is 122 Å². The summed E-state index contributed by atoms with van der Waals surface area (Å²) in [6, 6.07) is 2.88. The number of nitrogens with one attached hydrogen (secondary N) is 1. The van der Waals surface area contributed by atoms with Gasteiger partial charge < -0.3 is 10.1 Å². The molecule has 0 fully saturated rings. The highest BCUT2D eigenvalue weighted by atomic mass is 19.1. The molecule has 1 N–H and O–H groups in total. The van der Waals surface area contributed by atoms with Crippen molar-refractivity contribution in [1.82, 2.24) is 5.32 Å². The van der Waals surface area contributed by atoms with E-state index in [4.69, 9.17) is 4.74 Å². The van der Waals surface area contributed by atoms with Crippen LogP contribution in [0.2, 0.25) is 0 Å². The maximum Gasteiger partial charge on any atom is 0.258 e. The van der Waals surface area contributed by atoms with Crippen LogP contribution < -0.4 is 10.1 Å². The van der Waals surface area contributed by atoms with Gasteiger partial charge in [-0.05, 0) is 25.0 Å². The van der Waals surface area contributed by atoms with Crippen molar-refractivity contribution in [2.24, 2.45) is 5.92 Å². The van der Waals surface area contributed by atoms with Crippen LogP contribution in [0.4, 0.5) is 4.39 Å². The quantitative estimate of drug-likeness (QED) is 0.778. The van der Waals surface area contributed by atoms with Crippen LogP contribution in [0.5, 0.6) is 5.75 Å². The van der Waals surface area contributed by atoms with Gasteiger partial charge in [-0.2, -0.15) is 0 Å². The van der Waals surface area contributed by atoms with Gasteiger partial charge in [0.25, 0.3) is 5.91 Å². The average molecular weight is 295 g/mol. The van der Waals surface area contributed by atoms with E-state index in [0.717, 1.165) is 12.1 Å². The van der Waals surface area contributed by atoms with Gasteiger partial charge in [0.1, 0.15) is 17.9 Å². The molecule has 0 heterocycles. The number of carbonyl (C=O) groups excluding carboxylic acids is 3. The fourth-order valence-electron chi connectivity index (χ4n) is 1.84. The van der Waals surface area contributed by atoms with Crippen molar-refractivity contribution >= 4 is 18.0 Å². The van der Waals surface area contributed by atoms with E-state index in [2.05, 4.69) is 5.32 Å². The smallest absolute Gasteiger partial charge is 0.258 e. The van der Waals surface area contributed by atoms with Crippen LogP contribution in [0.3, 0.4) is 0 Å². The molecule has 0 saturated heterocycles. The molecular formula is C15H18FNO4. The van der Waals surface area contributed by atoms with E-state index >= 15 is 0 Å². The summed E-state index contributed by atoms with van der Waals surface area (Å²) in [4.78, 5) is 33.7. The molecule has 114 valence electrons. The highest BCUT2D eigenvalue weighted by Gasteiger charge is 2.20. The molecule has 1 unspecified atom stereocenters. The zero-order chi connectivity index (χ0) is 16.0. The molecule has 0 aromatic heterocycles. The first kappa shape index (κ1) is 16.8. The summed E-state index contributed by atoms with van der Waals surface area (Å²) >= 11 is 0. The lowest BCUT2D eigenvalue weighted by atomic mass is 10.0. The van der Waals surface area contributed by atoms with Crippen molar-refractivity contribution < 1.29 is 23.5 Å². The van der Waals surface area contributed by atoms with Gasteiger partial charge in [-0.3, -0.25) is 14.4 Å². The third kappa shape index (κ3) is 5.33. The van der Waals surface area contributed by atoms with Crippen molar-refractivity contribution in [3.63, 3.8) is 0 Å². The molecule has 21 heavy (non-hydrogen) atoms. The van der Waals surface area contributed by atoms with Gasteiger partial charge in [0.2, 0.25) is 0 Å². The lowest BCUT2D eigenvalue weighted by molar-refractivity contribution is -0.129. The maximum absolute atomic E-state index is 13.2. The molecule has 0 bridgehead atoms. The Morgan fingerprint density at radius 1 is 1.33 bits per heavy atom. The normalized spacial score (nSPS) is 11.9. The van der Waals surface area contributed by atoms with Crippen LogP contribution in [0.25, 0.3) is 0 Å². The SMILES string of the molecule is CC(=O)C(NC(=O)COc1cc(F)cc(C=O)c1)C(C)C. The predicted octanol–water partition coefficient (Wildman–Crippen LogP) is 1.75. The van der Waals surface area contributed by atoms with Gasteiger partial charge in [-0.15, -0.1) is 0 Å². The summed E-state index contributed by atoms with van der Waals surface area (Å²) in [7, 11) is 0. The number of Topliss-reactive ketones (excluding diaryl/α,β-unsaturated/α-hetero) is 1. The van der Waals surface area contributed by atoms with E-state index in [9.17, 15) is 18.8 Å². The van der Waals surface area contributed by atoms with Crippen molar-refractivity contribution in [3.8, 4) is 5.75 Å². The van der Waals surface area contributed by atoms with E-state index in [0.29, 0.717) is 6.29 Å². The molecule has 1 atom stereocenters. The first-order valence-corrected chi connectivity index (χ1v) is 6.52. The van der Waals surface area contributed by atoms with Crippen LogP contribution in [-0.4, -0.2) is 30.6 Å². The Morgan fingerprint density at radius 2 is 2.00 bits per heavy atom. The average Bonchev–Trinajstić information content (AvgIpc) is 2.41. The highest BCUT2D eigenvalue weighted by Crippen LogP contribution is 2.15. The Hall–Kier alpha value is -2.24. The van der Waals surface area contributed by atoms with Gasteiger partial charge in [-0.1, -0.05) is 13.8 Å². The Bertz CT molecular complexity index is 542. The van der Waals surface area contributed by atoms with Crippen molar-refractivity contribution in [2.75, 3.05) is 6.61 Å². The second-order valence-corrected chi connectivity index (χ2v) is 5.03. The third-order valence-corrected chi connectivity index (χ3v) is 2.82. The molecule has 0 aliphatic carbocycles. The maximum atomic E-state index is 13.2. The molecule has 0 spiro atoms. The number of ether oxygens (including phenoxy) is 1. The van der Waals surface area contributed by atoms with Crippen molar-refractivity contribution in [3.05, 3.63) is 29.6 Å². The number of hydrogen-bond donors (Lipinski definition) is 1. The van der Waals surface area contributed by atoms with Gasteiger partial charge in [0.05, 0.1) is 6.04 Å². The predicted molar refractivity (Wildman–Crippen MR) is 74.7 cm³/mol. The van der Waals surface area contributed by atoms with Crippen LogP contribution >= 0.6 is 0 Å². The van der Waals surface area contributed by atoms with E-state index < -0.39 is 17.8 Å². The number of halogens is 1. The lowest BCUT2D eigenvalue weighted by Gasteiger charge is -2.19. The minimum atomic E-state index is -0.626. The van der Waals surface area contributed by atoms with Crippen molar-refractivity contribution in [2.45, 2.75) is 26.8 Å². The molecule has 0 aliphatic rings. The van der Waals surface area contributed by atoms with Crippen LogP contribution in [0.15, 0.2) is 18.2 Å². The molecule has 0 saturated carbocycles. The molecule has 1 amide bonds. The summed E-state index contributed by atoms with van der Waals surface area (Å²) in [6.07, 6.45) is 0.487. The number of hydrogen-bond acceptors (Lipinski definition) is 4. The van der Waals surface area contributed by atoms with E-state index in [1.165, 1.54) is 13.0 Å². The Kier molecular flexibility index (Phi) is 6.02. The number of rotatable bonds is 7. The number of ketones is 1. The minimum absolute atomic E-state index is 0.0396. The van der Waals surface area contributed by atoms with Crippen molar-refractivity contribution in [1.29, 1.82) is 0 Å². The van der Waals surface area contributed by atoms with E-state index in [-0.39, 0.29) is 29.6 Å². The standard InChI is InChI=1S/C15H18FNO4/c1-9(2)15(10(3)19)17-14(20)8-21-13-5-11(7-18)4-12(16)6-13/h4-7,9,15H,8H2,1-3H3,(H,17,20). The van der Waals surface area contributed by atoms with Gasteiger partial charge in [0, 0.05) is 11.6 Å². The summed E-state index contributed by atoms with van der Waals surface area (Å²) in [6.45, 7) is 4.67. The first-order chi connectivity index (χ1) is 9.83. The minimum Gasteiger partial charge on any atom is -0.484 e. The fourth-order valence-corrected chi connectivity index (χ4v) is 1.84. The summed E-state index contributed by atoms with van der Waals surface area (Å²) in [5, 5.41) is 2.55. The summed E-state index contributed by atoms with van der Waals surface area (Å²) in [5.41, 5.74) is 0.120. The van der Waals surface area contributed by atoms with Gasteiger partial charge in [-0.25, -0.2) is 4.39 Å². The molecule has 1 rings (SSSR count). The molecular weight excluding hydrogens is 277 g/mol. The molecule has 0 aliphatic heterocycles.